The molecule has 0 heterocycles. The van der Waals surface area contributed by atoms with E-state index in [2.05, 4.69) is 19.9 Å². The summed E-state index contributed by atoms with van der Waals surface area (Å²) < 4.78 is 32.0. The summed E-state index contributed by atoms with van der Waals surface area (Å²) >= 11 is 0. The molecular weight excluding hydrogens is 260 g/mol. The maximum atomic E-state index is 11.4. The topological polar surface area (TPSA) is 54.4 Å². The highest BCUT2D eigenvalue weighted by Gasteiger charge is 2.22. The monoisotopic (exact) mass is 278 g/mol. The molecular formula is C15H18O3S. The fourth-order valence-electron chi connectivity index (χ4n) is 2.32. The zero-order chi connectivity index (χ0) is 14.4. The van der Waals surface area contributed by atoms with E-state index in [9.17, 15) is 13.0 Å². The second-order valence-electron chi connectivity index (χ2n) is 5.25. The van der Waals surface area contributed by atoms with Crippen LogP contribution in [0.4, 0.5) is 0 Å². The summed E-state index contributed by atoms with van der Waals surface area (Å²) in [6.45, 7) is 7.87. The van der Waals surface area contributed by atoms with Gasteiger partial charge < -0.3 is 0 Å². The van der Waals surface area contributed by atoms with Gasteiger partial charge in [-0.05, 0) is 53.6 Å². The van der Waals surface area contributed by atoms with Crippen LogP contribution in [0.3, 0.4) is 0 Å². The van der Waals surface area contributed by atoms with Gasteiger partial charge in [0.1, 0.15) is 0 Å². The summed E-state index contributed by atoms with van der Waals surface area (Å²) in [6, 6.07) is 7.62. The average Bonchev–Trinajstić information content (AvgIpc) is 2.50. The Bertz CT molecular complexity index is 700. The normalized spacial score (nSPS) is 12.3. The van der Waals surface area contributed by atoms with Crippen LogP contribution in [0, 0.1) is 13.8 Å². The molecule has 0 bridgehead atoms. The van der Waals surface area contributed by atoms with Crippen molar-refractivity contribution in [3.63, 3.8) is 0 Å². The molecule has 0 spiro atoms. The van der Waals surface area contributed by atoms with E-state index in [1.807, 2.05) is 19.1 Å². The SMILES string of the molecule is Cc1ccc(C(C)C)cc2c(C)c(S(=O)(=O)O)cc1-2. The van der Waals surface area contributed by atoms with E-state index in [-0.39, 0.29) is 4.90 Å². The molecule has 19 heavy (non-hydrogen) atoms. The predicted molar refractivity (Wildman–Crippen MR) is 76.4 cm³/mol. The molecule has 1 N–H and O–H groups in total. The Labute approximate surface area is 114 Å². The van der Waals surface area contributed by atoms with E-state index < -0.39 is 10.1 Å². The van der Waals surface area contributed by atoms with Crippen molar-refractivity contribution in [3.05, 3.63) is 41.0 Å². The van der Waals surface area contributed by atoms with Gasteiger partial charge in [-0.25, -0.2) is 0 Å². The zero-order valence-electron chi connectivity index (χ0n) is 11.6. The van der Waals surface area contributed by atoms with Crippen molar-refractivity contribution in [1.29, 1.82) is 0 Å². The Balaban J connectivity index is 2.86. The fourth-order valence-corrected chi connectivity index (χ4v) is 3.08. The summed E-state index contributed by atoms with van der Waals surface area (Å²) in [5, 5.41) is 0. The Morgan fingerprint density at radius 1 is 1.05 bits per heavy atom. The molecule has 2 aliphatic carbocycles. The van der Waals surface area contributed by atoms with Crippen molar-refractivity contribution in [3.8, 4) is 11.1 Å². The lowest BCUT2D eigenvalue weighted by Gasteiger charge is -2.03. The molecule has 2 aliphatic rings. The van der Waals surface area contributed by atoms with Crippen LogP contribution < -0.4 is 0 Å². The Morgan fingerprint density at radius 3 is 2.21 bits per heavy atom. The number of rotatable bonds is 2. The van der Waals surface area contributed by atoms with Gasteiger partial charge in [-0.1, -0.05) is 32.0 Å². The third kappa shape index (κ3) is 2.51. The number of fused-ring (bicyclic) bond motifs is 1. The lowest BCUT2D eigenvalue weighted by molar-refractivity contribution is 0.483. The molecule has 0 saturated heterocycles. The molecule has 0 aliphatic heterocycles. The van der Waals surface area contributed by atoms with Gasteiger partial charge in [0.15, 0.2) is 0 Å². The first kappa shape index (κ1) is 14.0. The molecule has 3 nitrogen and oxygen atoms in total. The lowest BCUT2D eigenvalue weighted by Crippen LogP contribution is -1.97. The highest BCUT2D eigenvalue weighted by molar-refractivity contribution is 7.86. The molecule has 0 aromatic rings. The number of hydrogen-bond acceptors (Lipinski definition) is 2. The molecule has 0 unspecified atom stereocenters. The fraction of sp³-hybridized carbons (Fsp3) is 0.333. The molecule has 0 amide bonds. The van der Waals surface area contributed by atoms with E-state index in [1.54, 1.807) is 13.0 Å². The molecule has 0 atom stereocenters. The largest absolute Gasteiger partial charge is 0.294 e. The predicted octanol–water partition coefficient (Wildman–Crippen LogP) is 3.78. The molecule has 102 valence electrons. The first-order chi connectivity index (χ1) is 8.71. The van der Waals surface area contributed by atoms with Crippen molar-refractivity contribution in [2.24, 2.45) is 0 Å². The molecule has 0 saturated carbocycles. The highest BCUT2D eigenvalue weighted by atomic mass is 32.2. The van der Waals surface area contributed by atoms with Gasteiger partial charge in [0.25, 0.3) is 10.1 Å². The molecule has 0 radical (unpaired) electrons. The van der Waals surface area contributed by atoms with Crippen LogP contribution in [-0.4, -0.2) is 13.0 Å². The van der Waals surface area contributed by atoms with Gasteiger partial charge in [0.05, 0.1) is 4.90 Å². The van der Waals surface area contributed by atoms with Crippen molar-refractivity contribution < 1.29 is 13.0 Å². The van der Waals surface area contributed by atoms with Gasteiger partial charge in [0, 0.05) is 0 Å². The van der Waals surface area contributed by atoms with Gasteiger partial charge in [-0.2, -0.15) is 8.42 Å². The second-order valence-corrected chi connectivity index (χ2v) is 6.64. The van der Waals surface area contributed by atoms with E-state index in [0.29, 0.717) is 11.5 Å². The third-order valence-corrected chi connectivity index (χ3v) is 4.53. The van der Waals surface area contributed by atoms with E-state index in [4.69, 9.17) is 0 Å². The molecule has 4 heteroatoms. The van der Waals surface area contributed by atoms with Gasteiger partial charge in [0.2, 0.25) is 0 Å². The summed E-state index contributed by atoms with van der Waals surface area (Å²) in [4.78, 5) is 0.00602. The van der Waals surface area contributed by atoms with Crippen molar-refractivity contribution >= 4 is 10.1 Å². The van der Waals surface area contributed by atoms with Gasteiger partial charge >= 0.3 is 0 Å². The minimum atomic E-state index is -4.17. The van der Waals surface area contributed by atoms with Crippen LogP contribution in [-0.2, 0) is 10.1 Å². The second kappa shape index (κ2) is 4.62. The molecule has 0 aromatic heterocycles. The molecule has 2 rings (SSSR count). The van der Waals surface area contributed by atoms with Crippen molar-refractivity contribution in [1.82, 2.24) is 0 Å². The quantitative estimate of drug-likeness (QED) is 0.851. The average molecular weight is 278 g/mol. The standard InChI is InChI=1S/C15H18O3S/c1-9(2)12-6-5-10(3)13-8-15(19(16,17)18)11(4)14(13)7-12/h5-9H,1-4H3,(H,16,17,18). The van der Waals surface area contributed by atoms with Crippen LogP contribution in [0.2, 0.25) is 0 Å². The Kier molecular flexibility index (Phi) is 3.41. The van der Waals surface area contributed by atoms with Crippen molar-refractivity contribution in [2.45, 2.75) is 38.5 Å². The lowest BCUT2D eigenvalue weighted by atomic mass is 10.0. The summed E-state index contributed by atoms with van der Waals surface area (Å²) in [5.74, 6) is 0.360. The van der Waals surface area contributed by atoms with Crippen LogP contribution >= 0.6 is 0 Å². The molecule has 0 fully saturated rings. The minimum Gasteiger partial charge on any atom is -0.282 e. The van der Waals surface area contributed by atoms with Gasteiger partial charge in [-0.15, -0.1) is 0 Å². The third-order valence-electron chi connectivity index (χ3n) is 3.55. The first-order valence-electron chi connectivity index (χ1n) is 6.23. The van der Waals surface area contributed by atoms with Gasteiger partial charge in [-0.3, -0.25) is 4.55 Å². The Morgan fingerprint density at radius 2 is 1.68 bits per heavy atom. The summed E-state index contributed by atoms with van der Waals surface area (Å²) in [6.07, 6.45) is 0. The molecule has 0 aromatic carbocycles. The zero-order valence-corrected chi connectivity index (χ0v) is 12.4. The first-order valence-corrected chi connectivity index (χ1v) is 7.67. The maximum absolute atomic E-state index is 11.4. The summed E-state index contributed by atoms with van der Waals surface area (Å²) in [5.41, 5.74) is 4.52. The van der Waals surface area contributed by atoms with Crippen LogP contribution in [0.15, 0.2) is 29.2 Å². The van der Waals surface area contributed by atoms with Crippen LogP contribution in [0.5, 0.6) is 0 Å². The van der Waals surface area contributed by atoms with E-state index in [1.165, 1.54) is 0 Å². The highest BCUT2D eigenvalue weighted by Crippen LogP contribution is 2.36. The number of aryl methyl sites for hydroxylation is 1. The van der Waals surface area contributed by atoms with Crippen LogP contribution in [0.25, 0.3) is 11.1 Å². The summed E-state index contributed by atoms with van der Waals surface area (Å²) in [7, 11) is -4.17. The van der Waals surface area contributed by atoms with E-state index >= 15 is 0 Å². The smallest absolute Gasteiger partial charge is 0.282 e. The van der Waals surface area contributed by atoms with Crippen LogP contribution in [0.1, 0.15) is 36.5 Å². The maximum Gasteiger partial charge on any atom is 0.294 e. The minimum absolute atomic E-state index is 0.00602. The number of hydrogen-bond donors (Lipinski definition) is 1. The van der Waals surface area contributed by atoms with E-state index in [0.717, 1.165) is 22.3 Å². The Hall–Kier alpha value is -1.39. The van der Waals surface area contributed by atoms with Crippen molar-refractivity contribution in [2.75, 3.05) is 0 Å².